The summed E-state index contributed by atoms with van der Waals surface area (Å²) in [6.07, 6.45) is 1.85. The zero-order valence-electron chi connectivity index (χ0n) is 20.8. The molecular weight excluding hydrogens is 472 g/mol. The summed E-state index contributed by atoms with van der Waals surface area (Å²) in [6, 6.07) is 13.5. The molecule has 0 fully saturated rings. The van der Waals surface area contributed by atoms with Crippen molar-refractivity contribution in [1.82, 2.24) is 25.1 Å². The molecule has 11 nitrogen and oxygen atoms in total. The molecule has 4 aromatic rings. The Labute approximate surface area is 214 Å². The van der Waals surface area contributed by atoms with E-state index in [2.05, 4.69) is 15.3 Å². The van der Waals surface area contributed by atoms with Gasteiger partial charge in [0, 0.05) is 43.4 Å². The summed E-state index contributed by atoms with van der Waals surface area (Å²) in [6.45, 7) is 1.66. The number of nitrogens with zero attached hydrogens (tertiary/aromatic N) is 5. The van der Waals surface area contributed by atoms with Crippen molar-refractivity contribution in [2.24, 2.45) is 5.73 Å². The number of nitrogens with two attached hydrogens (primary N) is 2. The van der Waals surface area contributed by atoms with E-state index in [1.165, 1.54) is 6.33 Å². The molecule has 0 bridgehead atoms. The van der Waals surface area contributed by atoms with Gasteiger partial charge in [-0.05, 0) is 17.7 Å². The standard InChI is InChI=1S/C26H30N8O3/c1-33-19-6-4-3-5-17(19)14-26(33,25(28)36)18-8-7-16(13-20(18)37-2)22-21-23(27)30-15-31-24(21)34(32-22)11-9-29-10-12-35/h3-8,13,15,29,35H,9-12,14H2,1-2H3,(H2,28,36)(H2,27,30,31). The molecule has 0 saturated carbocycles. The topological polar surface area (TPSA) is 157 Å². The van der Waals surface area contributed by atoms with E-state index in [1.807, 2.05) is 54.4 Å². The molecule has 0 spiro atoms. The molecule has 0 radical (unpaired) electrons. The Morgan fingerprint density at radius 2 is 2.03 bits per heavy atom. The van der Waals surface area contributed by atoms with Crippen LogP contribution in [-0.4, -0.2) is 64.6 Å². The van der Waals surface area contributed by atoms with Crippen molar-refractivity contribution in [2.45, 2.75) is 18.5 Å². The molecular formula is C26H30N8O3. The molecule has 0 aliphatic carbocycles. The number of nitrogen functional groups attached to an aromatic ring is 1. The zero-order valence-corrected chi connectivity index (χ0v) is 20.8. The summed E-state index contributed by atoms with van der Waals surface area (Å²) in [5.41, 5.74) is 15.9. The van der Waals surface area contributed by atoms with Crippen molar-refractivity contribution in [3.8, 4) is 17.0 Å². The average molecular weight is 503 g/mol. The van der Waals surface area contributed by atoms with Crippen LogP contribution in [0.4, 0.5) is 11.5 Å². The molecule has 3 heterocycles. The highest BCUT2D eigenvalue weighted by Gasteiger charge is 2.50. The van der Waals surface area contributed by atoms with Crippen LogP contribution < -0.4 is 26.4 Å². The number of aromatic nitrogens is 4. The summed E-state index contributed by atoms with van der Waals surface area (Å²) in [7, 11) is 3.45. The Morgan fingerprint density at radius 3 is 2.76 bits per heavy atom. The lowest BCUT2D eigenvalue weighted by molar-refractivity contribution is -0.123. The van der Waals surface area contributed by atoms with Gasteiger partial charge >= 0.3 is 0 Å². The van der Waals surface area contributed by atoms with E-state index in [4.69, 9.17) is 26.4 Å². The van der Waals surface area contributed by atoms with Gasteiger partial charge in [0.2, 0.25) is 5.91 Å². The van der Waals surface area contributed by atoms with Crippen molar-refractivity contribution in [3.05, 3.63) is 59.9 Å². The molecule has 2 aromatic heterocycles. The van der Waals surface area contributed by atoms with Crippen molar-refractivity contribution >= 4 is 28.4 Å². The van der Waals surface area contributed by atoms with Crippen LogP contribution in [0.15, 0.2) is 48.8 Å². The predicted octanol–water partition coefficient (Wildman–Crippen LogP) is 1.04. The number of aliphatic hydroxyl groups excluding tert-OH is 1. The van der Waals surface area contributed by atoms with Crippen LogP contribution in [0, 0.1) is 0 Å². The number of aliphatic hydroxyl groups is 1. The number of likely N-dealkylation sites (N-methyl/N-ethyl adjacent to an activating group) is 1. The number of rotatable bonds is 9. The summed E-state index contributed by atoms with van der Waals surface area (Å²) in [5, 5.41) is 17.6. The fraction of sp³-hybridized carbons (Fsp3) is 0.308. The number of anilines is 2. The second-order valence-electron chi connectivity index (χ2n) is 9.01. The highest BCUT2D eigenvalue weighted by molar-refractivity contribution is 5.99. The predicted molar refractivity (Wildman–Crippen MR) is 141 cm³/mol. The first kappa shape index (κ1) is 24.5. The van der Waals surface area contributed by atoms with Gasteiger partial charge in [0.15, 0.2) is 11.2 Å². The first-order valence-electron chi connectivity index (χ1n) is 12.0. The van der Waals surface area contributed by atoms with Gasteiger partial charge in [0.1, 0.15) is 23.6 Å². The van der Waals surface area contributed by atoms with E-state index in [0.29, 0.717) is 59.9 Å². The molecule has 11 heteroatoms. The maximum absolute atomic E-state index is 13.1. The van der Waals surface area contributed by atoms with Crippen LogP contribution in [0.3, 0.4) is 0 Å². The fourth-order valence-electron chi connectivity index (χ4n) is 5.21. The second-order valence-corrected chi connectivity index (χ2v) is 9.01. The van der Waals surface area contributed by atoms with Crippen molar-refractivity contribution < 1.29 is 14.6 Å². The molecule has 6 N–H and O–H groups in total. The van der Waals surface area contributed by atoms with Crippen molar-refractivity contribution in [3.63, 3.8) is 0 Å². The number of ether oxygens (including phenoxy) is 1. The largest absolute Gasteiger partial charge is 0.496 e. The number of carbonyl (C=O) groups excluding carboxylic acids is 1. The highest BCUT2D eigenvalue weighted by Crippen LogP contribution is 2.47. The number of benzene rings is 2. The first-order chi connectivity index (χ1) is 17.9. The summed E-state index contributed by atoms with van der Waals surface area (Å²) >= 11 is 0. The van der Waals surface area contributed by atoms with E-state index in [1.54, 1.807) is 11.8 Å². The lowest BCUT2D eigenvalue weighted by Crippen LogP contribution is -2.52. The molecule has 1 aliphatic rings. The number of hydrogen-bond acceptors (Lipinski definition) is 9. The van der Waals surface area contributed by atoms with Crippen molar-refractivity contribution in [2.75, 3.05) is 44.5 Å². The molecule has 5 rings (SSSR count). The third-order valence-electron chi connectivity index (χ3n) is 7.05. The number of primary amides is 1. The minimum absolute atomic E-state index is 0.0550. The maximum Gasteiger partial charge on any atom is 0.248 e. The summed E-state index contributed by atoms with van der Waals surface area (Å²) in [5.74, 6) is 0.371. The van der Waals surface area contributed by atoms with Gasteiger partial charge in [0.25, 0.3) is 0 Å². The van der Waals surface area contributed by atoms with Gasteiger partial charge in [0.05, 0.1) is 25.6 Å². The number of methoxy groups -OCH3 is 1. The van der Waals surface area contributed by atoms with Gasteiger partial charge in [-0.15, -0.1) is 0 Å². The summed E-state index contributed by atoms with van der Waals surface area (Å²) < 4.78 is 7.58. The number of hydrogen-bond donors (Lipinski definition) is 4. The van der Waals surface area contributed by atoms with Crippen LogP contribution in [-0.2, 0) is 23.3 Å². The van der Waals surface area contributed by atoms with Gasteiger partial charge in [-0.1, -0.05) is 30.3 Å². The Hall–Kier alpha value is -4.22. The van der Waals surface area contributed by atoms with Crippen LogP contribution in [0.25, 0.3) is 22.3 Å². The number of amides is 1. The van der Waals surface area contributed by atoms with Gasteiger partial charge in [-0.3, -0.25) is 4.79 Å². The third-order valence-corrected chi connectivity index (χ3v) is 7.05. The van der Waals surface area contributed by atoms with Crippen LogP contribution >= 0.6 is 0 Å². The van der Waals surface area contributed by atoms with E-state index >= 15 is 0 Å². The molecule has 37 heavy (non-hydrogen) atoms. The lowest BCUT2D eigenvalue weighted by atomic mass is 9.84. The average Bonchev–Trinajstić information content (AvgIpc) is 3.43. The highest BCUT2D eigenvalue weighted by atomic mass is 16.5. The lowest BCUT2D eigenvalue weighted by Gasteiger charge is -2.36. The fourth-order valence-corrected chi connectivity index (χ4v) is 5.21. The maximum atomic E-state index is 13.1. The number of carbonyl (C=O) groups is 1. The quantitative estimate of drug-likeness (QED) is 0.245. The SMILES string of the molecule is COc1cc(-c2nn(CCNCCO)c3ncnc(N)c23)ccc1C1(C(N)=O)Cc2ccccc2N1C. The Bertz CT molecular complexity index is 1470. The molecule has 1 amide bonds. The zero-order chi connectivity index (χ0) is 26.2. The van der Waals surface area contributed by atoms with E-state index in [9.17, 15) is 4.79 Å². The number of nitrogens with one attached hydrogen (secondary N) is 1. The van der Waals surface area contributed by atoms with Gasteiger partial charge in [-0.25, -0.2) is 14.6 Å². The van der Waals surface area contributed by atoms with Gasteiger partial charge in [-0.2, -0.15) is 5.10 Å². The molecule has 1 aliphatic heterocycles. The number of fused-ring (bicyclic) bond motifs is 2. The molecule has 1 atom stereocenters. The van der Waals surface area contributed by atoms with E-state index in [-0.39, 0.29) is 6.61 Å². The second kappa shape index (κ2) is 9.68. The molecule has 192 valence electrons. The third kappa shape index (κ3) is 3.92. The van der Waals surface area contributed by atoms with Crippen LogP contribution in [0.5, 0.6) is 5.75 Å². The van der Waals surface area contributed by atoms with Gasteiger partial charge < -0.3 is 31.5 Å². The minimum Gasteiger partial charge on any atom is -0.496 e. The van der Waals surface area contributed by atoms with Crippen LogP contribution in [0.1, 0.15) is 11.1 Å². The Kier molecular flexibility index (Phi) is 6.40. The van der Waals surface area contributed by atoms with Crippen molar-refractivity contribution in [1.29, 1.82) is 0 Å². The monoisotopic (exact) mass is 502 g/mol. The molecule has 1 unspecified atom stereocenters. The molecule has 2 aromatic carbocycles. The smallest absolute Gasteiger partial charge is 0.248 e. The minimum atomic E-state index is -1.10. The normalized spacial score (nSPS) is 16.8. The Balaban J connectivity index is 1.60. The molecule has 0 saturated heterocycles. The Morgan fingerprint density at radius 1 is 1.22 bits per heavy atom. The van der Waals surface area contributed by atoms with Crippen LogP contribution in [0.2, 0.25) is 0 Å². The first-order valence-corrected chi connectivity index (χ1v) is 12.0. The summed E-state index contributed by atoms with van der Waals surface area (Å²) in [4.78, 5) is 23.6. The van der Waals surface area contributed by atoms with E-state index < -0.39 is 11.4 Å². The number of para-hydroxylation sites is 1. The van der Waals surface area contributed by atoms with E-state index in [0.717, 1.165) is 16.8 Å².